The summed E-state index contributed by atoms with van der Waals surface area (Å²) in [5.74, 6) is 2.46. The fourth-order valence-electron chi connectivity index (χ4n) is 2.66. The number of piperidine rings is 1. The van der Waals surface area contributed by atoms with Crippen LogP contribution in [0.1, 0.15) is 43.8 Å². The van der Waals surface area contributed by atoms with Crippen molar-refractivity contribution in [1.29, 1.82) is 0 Å². The molecular weight excluding hydrogens is 216 g/mol. The van der Waals surface area contributed by atoms with Crippen LogP contribution < -0.4 is 5.32 Å². The predicted molar refractivity (Wildman–Crippen MR) is 64.0 cm³/mol. The van der Waals surface area contributed by atoms with Gasteiger partial charge in [0.1, 0.15) is 5.82 Å². The Morgan fingerprint density at radius 3 is 3.12 bits per heavy atom. The molecule has 0 aromatic carbocycles. The minimum Gasteiger partial charge on any atom is -0.380 e. The molecule has 0 aliphatic carbocycles. The maximum absolute atomic E-state index is 5.46. The van der Waals surface area contributed by atoms with Gasteiger partial charge in [0.25, 0.3) is 0 Å². The molecule has 2 saturated heterocycles. The topological polar surface area (TPSA) is 62.8 Å². The summed E-state index contributed by atoms with van der Waals surface area (Å²) < 4.78 is 5.46. The summed E-state index contributed by atoms with van der Waals surface area (Å²) in [7, 11) is 0. The van der Waals surface area contributed by atoms with Crippen LogP contribution >= 0.6 is 0 Å². The lowest BCUT2D eigenvalue weighted by Crippen LogP contribution is -2.29. The van der Waals surface area contributed by atoms with Gasteiger partial charge in [0.05, 0.1) is 12.0 Å². The Labute approximate surface area is 101 Å². The number of rotatable bonds is 2. The van der Waals surface area contributed by atoms with E-state index in [1.165, 1.54) is 12.8 Å². The lowest BCUT2D eigenvalue weighted by Gasteiger charge is -2.20. The number of hydrogen-bond donors (Lipinski definition) is 2. The van der Waals surface area contributed by atoms with E-state index in [2.05, 4.69) is 22.4 Å². The van der Waals surface area contributed by atoms with Crippen molar-refractivity contribution in [1.82, 2.24) is 20.5 Å². The SMILES string of the molecule is CC1(c2n[nH]c(C3CCCNC3)n2)CCOC1. The molecule has 0 radical (unpaired) electrons. The second kappa shape index (κ2) is 4.38. The van der Waals surface area contributed by atoms with Gasteiger partial charge in [-0.1, -0.05) is 6.92 Å². The molecule has 2 fully saturated rings. The van der Waals surface area contributed by atoms with Gasteiger partial charge in [-0.15, -0.1) is 0 Å². The lowest BCUT2D eigenvalue weighted by molar-refractivity contribution is 0.179. The molecule has 2 unspecified atom stereocenters. The minimum atomic E-state index is 0.0108. The van der Waals surface area contributed by atoms with Crippen molar-refractivity contribution in [2.75, 3.05) is 26.3 Å². The van der Waals surface area contributed by atoms with E-state index < -0.39 is 0 Å². The molecule has 5 nitrogen and oxygen atoms in total. The minimum absolute atomic E-state index is 0.0108. The first-order valence-electron chi connectivity index (χ1n) is 6.49. The number of nitrogens with zero attached hydrogens (tertiary/aromatic N) is 2. The molecule has 5 heteroatoms. The third kappa shape index (κ3) is 2.09. The van der Waals surface area contributed by atoms with Crippen molar-refractivity contribution in [2.45, 2.75) is 37.5 Å². The Kier molecular flexibility index (Phi) is 2.88. The fourth-order valence-corrected chi connectivity index (χ4v) is 2.66. The van der Waals surface area contributed by atoms with E-state index in [4.69, 9.17) is 9.72 Å². The van der Waals surface area contributed by atoms with Crippen LogP contribution in [0.15, 0.2) is 0 Å². The molecule has 0 amide bonds. The Morgan fingerprint density at radius 2 is 2.41 bits per heavy atom. The normalized spacial score (nSPS) is 34.1. The summed E-state index contributed by atoms with van der Waals surface area (Å²) in [4.78, 5) is 4.70. The zero-order chi connectivity index (χ0) is 11.7. The monoisotopic (exact) mass is 236 g/mol. The van der Waals surface area contributed by atoms with Gasteiger partial charge in [0.15, 0.2) is 5.82 Å². The van der Waals surface area contributed by atoms with Crippen molar-refractivity contribution in [2.24, 2.45) is 0 Å². The summed E-state index contributed by atoms with van der Waals surface area (Å²) in [5, 5.41) is 10.9. The highest BCUT2D eigenvalue weighted by atomic mass is 16.5. The number of nitrogens with one attached hydrogen (secondary N) is 2. The Hall–Kier alpha value is -0.940. The van der Waals surface area contributed by atoms with Crippen LogP contribution in [0.5, 0.6) is 0 Å². The Morgan fingerprint density at radius 1 is 1.47 bits per heavy atom. The van der Waals surface area contributed by atoms with Crippen LogP contribution in [0, 0.1) is 0 Å². The summed E-state index contributed by atoms with van der Waals surface area (Å²) in [5.41, 5.74) is 0.0108. The molecule has 1 aromatic heterocycles. The van der Waals surface area contributed by atoms with E-state index in [1.54, 1.807) is 0 Å². The van der Waals surface area contributed by atoms with Crippen molar-refractivity contribution >= 4 is 0 Å². The smallest absolute Gasteiger partial charge is 0.158 e. The van der Waals surface area contributed by atoms with Crippen LogP contribution in [0.2, 0.25) is 0 Å². The zero-order valence-corrected chi connectivity index (χ0v) is 10.3. The number of aromatic amines is 1. The van der Waals surface area contributed by atoms with Gasteiger partial charge >= 0.3 is 0 Å². The van der Waals surface area contributed by atoms with Crippen LogP contribution in [-0.2, 0) is 10.2 Å². The summed E-state index contributed by atoms with van der Waals surface area (Å²) in [6.07, 6.45) is 3.45. The highest BCUT2D eigenvalue weighted by Gasteiger charge is 2.36. The molecule has 17 heavy (non-hydrogen) atoms. The Balaban J connectivity index is 1.77. The van der Waals surface area contributed by atoms with E-state index in [-0.39, 0.29) is 5.41 Å². The number of aromatic nitrogens is 3. The zero-order valence-electron chi connectivity index (χ0n) is 10.3. The first kappa shape index (κ1) is 11.2. The van der Waals surface area contributed by atoms with E-state index in [9.17, 15) is 0 Å². The molecule has 3 heterocycles. The van der Waals surface area contributed by atoms with E-state index in [0.717, 1.165) is 44.4 Å². The van der Waals surface area contributed by atoms with Crippen LogP contribution in [0.3, 0.4) is 0 Å². The van der Waals surface area contributed by atoms with Gasteiger partial charge in [-0.2, -0.15) is 5.10 Å². The lowest BCUT2D eigenvalue weighted by atomic mass is 9.89. The highest BCUT2D eigenvalue weighted by Crippen LogP contribution is 2.31. The number of ether oxygens (including phenoxy) is 1. The molecular formula is C12H20N4O. The Bertz CT molecular complexity index is 378. The molecule has 3 rings (SSSR count). The maximum atomic E-state index is 5.46. The molecule has 1 aromatic rings. The summed E-state index contributed by atoms with van der Waals surface area (Å²) in [6, 6.07) is 0. The number of H-pyrrole nitrogens is 1. The van der Waals surface area contributed by atoms with Crippen molar-refractivity contribution in [3.63, 3.8) is 0 Å². The van der Waals surface area contributed by atoms with E-state index in [1.807, 2.05) is 0 Å². The third-order valence-corrected chi connectivity index (χ3v) is 3.94. The van der Waals surface area contributed by atoms with Gasteiger partial charge < -0.3 is 10.1 Å². The molecule has 2 N–H and O–H groups in total. The molecule has 2 aliphatic rings. The predicted octanol–water partition coefficient (Wildman–Crippen LogP) is 0.950. The quantitative estimate of drug-likeness (QED) is 0.802. The molecule has 0 bridgehead atoms. The second-order valence-electron chi connectivity index (χ2n) is 5.45. The molecule has 2 atom stereocenters. The summed E-state index contributed by atoms with van der Waals surface area (Å²) >= 11 is 0. The van der Waals surface area contributed by atoms with Crippen LogP contribution in [-0.4, -0.2) is 41.5 Å². The first-order chi connectivity index (χ1) is 8.28. The van der Waals surface area contributed by atoms with Crippen LogP contribution in [0.4, 0.5) is 0 Å². The maximum Gasteiger partial charge on any atom is 0.158 e. The first-order valence-corrected chi connectivity index (χ1v) is 6.49. The molecule has 94 valence electrons. The standard InChI is InChI=1S/C12H20N4O/c1-12(4-6-17-8-12)11-14-10(15-16-11)9-3-2-5-13-7-9/h9,13H,2-8H2,1H3,(H,14,15,16). The van der Waals surface area contributed by atoms with Crippen molar-refractivity contribution < 1.29 is 4.74 Å². The summed E-state index contributed by atoms with van der Waals surface area (Å²) in [6.45, 7) is 5.90. The van der Waals surface area contributed by atoms with E-state index >= 15 is 0 Å². The van der Waals surface area contributed by atoms with Gasteiger partial charge in [-0.3, -0.25) is 5.10 Å². The molecule has 2 aliphatic heterocycles. The number of hydrogen-bond acceptors (Lipinski definition) is 4. The van der Waals surface area contributed by atoms with Gasteiger partial charge in [-0.25, -0.2) is 4.98 Å². The van der Waals surface area contributed by atoms with E-state index in [0.29, 0.717) is 5.92 Å². The van der Waals surface area contributed by atoms with Gasteiger partial charge in [0.2, 0.25) is 0 Å². The molecule has 0 spiro atoms. The highest BCUT2D eigenvalue weighted by molar-refractivity contribution is 5.10. The van der Waals surface area contributed by atoms with Gasteiger partial charge in [0, 0.05) is 19.1 Å². The average Bonchev–Trinajstić information content (AvgIpc) is 2.99. The van der Waals surface area contributed by atoms with Crippen molar-refractivity contribution in [3.05, 3.63) is 11.6 Å². The van der Waals surface area contributed by atoms with Crippen LogP contribution in [0.25, 0.3) is 0 Å². The second-order valence-corrected chi connectivity index (χ2v) is 5.45. The third-order valence-electron chi connectivity index (χ3n) is 3.94. The molecule has 0 saturated carbocycles. The van der Waals surface area contributed by atoms with Crippen molar-refractivity contribution in [3.8, 4) is 0 Å². The fraction of sp³-hybridized carbons (Fsp3) is 0.833. The average molecular weight is 236 g/mol. The van der Waals surface area contributed by atoms with Gasteiger partial charge in [-0.05, 0) is 25.8 Å². The largest absolute Gasteiger partial charge is 0.380 e.